The minimum atomic E-state index is -3.93. The summed E-state index contributed by atoms with van der Waals surface area (Å²) in [6.45, 7) is 1.81. The highest BCUT2D eigenvalue weighted by molar-refractivity contribution is 9.10. The van der Waals surface area contributed by atoms with Crippen molar-refractivity contribution in [3.63, 3.8) is 0 Å². The number of nitrogens with zero attached hydrogens (tertiary/aromatic N) is 2. The van der Waals surface area contributed by atoms with E-state index in [1.165, 1.54) is 24.4 Å². The molecular formula is C13H9BrClN3O2S. The molecule has 0 unspecified atom stereocenters. The van der Waals surface area contributed by atoms with Gasteiger partial charge in [0.05, 0.1) is 5.69 Å². The van der Waals surface area contributed by atoms with Crippen LogP contribution in [-0.2, 0) is 10.0 Å². The van der Waals surface area contributed by atoms with Gasteiger partial charge in [0, 0.05) is 15.7 Å². The van der Waals surface area contributed by atoms with Crippen molar-refractivity contribution in [2.45, 2.75) is 11.8 Å². The molecule has 2 rings (SSSR count). The first-order chi connectivity index (χ1) is 9.85. The molecule has 0 aliphatic rings. The van der Waals surface area contributed by atoms with Gasteiger partial charge in [-0.05, 0) is 52.7 Å². The van der Waals surface area contributed by atoms with E-state index in [9.17, 15) is 8.42 Å². The lowest BCUT2D eigenvalue weighted by atomic mass is 10.2. The van der Waals surface area contributed by atoms with Crippen LogP contribution in [0.1, 0.15) is 11.3 Å². The van der Waals surface area contributed by atoms with Crippen LogP contribution in [0.3, 0.4) is 0 Å². The monoisotopic (exact) mass is 385 g/mol. The first kappa shape index (κ1) is 15.8. The van der Waals surface area contributed by atoms with Gasteiger partial charge in [-0.15, -0.1) is 0 Å². The van der Waals surface area contributed by atoms with Crippen LogP contribution in [0.5, 0.6) is 0 Å². The summed E-state index contributed by atoms with van der Waals surface area (Å²) in [5.74, 6) is 0. The summed E-state index contributed by atoms with van der Waals surface area (Å²) in [4.78, 5) is 3.56. The molecule has 0 aliphatic carbocycles. The van der Waals surface area contributed by atoms with Crippen LogP contribution in [0.2, 0.25) is 5.02 Å². The first-order valence-corrected chi connectivity index (χ1v) is 8.34. The van der Waals surface area contributed by atoms with Crippen molar-refractivity contribution in [1.82, 2.24) is 4.98 Å². The fraction of sp³-hybridized carbons (Fsp3) is 0.0769. The molecular weight excluding hydrogens is 378 g/mol. The fourth-order valence-corrected chi connectivity index (χ4v) is 3.65. The third-order valence-electron chi connectivity index (χ3n) is 2.66. The second kappa shape index (κ2) is 6.02. The van der Waals surface area contributed by atoms with Crippen molar-refractivity contribution in [3.05, 3.63) is 51.2 Å². The molecule has 1 N–H and O–H groups in total. The van der Waals surface area contributed by atoms with Gasteiger partial charge in [-0.2, -0.15) is 5.26 Å². The molecule has 108 valence electrons. The van der Waals surface area contributed by atoms with Crippen LogP contribution in [-0.4, -0.2) is 13.4 Å². The molecule has 0 spiro atoms. The molecule has 0 aliphatic heterocycles. The standard InChI is InChI=1S/C13H9BrClN3O2S/c1-8-5-9(14)11(6-10(8)15)18-21(19,20)13-3-2-4-17-12(13)7-16/h2-6,18H,1H3. The fourth-order valence-electron chi connectivity index (χ4n) is 1.62. The number of sulfonamides is 1. The molecule has 1 heterocycles. The second-order valence-electron chi connectivity index (χ2n) is 4.15. The number of aromatic nitrogens is 1. The predicted molar refractivity (Wildman–Crippen MR) is 83.6 cm³/mol. The van der Waals surface area contributed by atoms with Gasteiger partial charge in [0.15, 0.2) is 5.69 Å². The van der Waals surface area contributed by atoms with Crippen molar-refractivity contribution in [2.75, 3.05) is 4.72 Å². The van der Waals surface area contributed by atoms with Crippen molar-refractivity contribution in [2.24, 2.45) is 0 Å². The quantitative estimate of drug-likeness (QED) is 0.875. The van der Waals surface area contributed by atoms with Crippen LogP contribution in [0.25, 0.3) is 0 Å². The van der Waals surface area contributed by atoms with Gasteiger partial charge < -0.3 is 0 Å². The Bertz CT molecular complexity index is 847. The van der Waals surface area contributed by atoms with E-state index in [2.05, 4.69) is 25.6 Å². The number of hydrogen-bond acceptors (Lipinski definition) is 4. The highest BCUT2D eigenvalue weighted by atomic mass is 79.9. The lowest BCUT2D eigenvalue weighted by Crippen LogP contribution is -2.15. The number of nitriles is 1. The minimum Gasteiger partial charge on any atom is -0.278 e. The Morgan fingerprint density at radius 2 is 2.14 bits per heavy atom. The maximum atomic E-state index is 12.4. The zero-order valence-corrected chi connectivity index (χ0v) is 13.9. The number of pyridine rings is 1. The predicted octanol–water partition coefficient (Wildman–Crippen LogP) is 3.48. The zero-order valence-electron chi connectivity index (χ0n) is 10.8. The summed E-state index contributed by atoms with van der Waals surface area (Å²) in [6, 6.07) is 7.73. The molecule has 0 amide bonds. The largest absolute Gasteiger partial charge is 0.278 e. The summed E-state index contributed by atoms with van der Waals surface area (Å²) in [6.07, 6.45) is 1.36. The number of rotatable bonds is 3. The molecule has 5 nitrogen and oxygen atoms in total. The van der Waals surface area contributed by atoms with E-state index in [4.69, 9.17) is 16.9 Å². The van der Waals surface area contributed by atoms with Crippen LogP contribution in [0.4, 0.5) is 5.69 Å². The Morgan fingerprint density at radius 3 is 2.81 bits per heavy atom. The molecule has 0 bridgehead atoms. The van der Waals surface area contributed by atoms with E-state index in [0.29, 0.717) is 15.2 Å². The molecule has 0 saturated heterocycles. The molecule has 8 heteroatoms. The smallest absolute Gasteiger partial charge is 0.264 e. The van der Waals surface area contributed by atoms with Crippen molar-refractivity contribution in [3.8, 4) is 6.07 Å². The van der Waals surface area contributed by atoms with Crippen molar-refractivity contribution in [1.29, 1.82) is 5.26 Å². The van der Waals surface area contributed by atoms with Gasteiger partial charge in [0.25, 0.3) is 10.0 Å². The normalized spacial score (nSPS) is 11.0. The molecule has 0 atom stereocenters. The van der Waals surface area contributed by atoms with E-state index in [1.54, 1.807) is 19.1 Å². The summed E-state index contributed by atoms with van der Waals surface area (Å²) in [5.41, 5.74) is 0.934. The van der Waals surface area contributed by atoms with Gasteiger partial charge in [-0.3, -0.25) is 4.72 Å². The van der Waals surface area contributed by atoms with Crippen LogP contribution >= 0.6 is 27.5 Å². The van der Waals surface area contributed by atoms with E-state index in [-0.39, 0.29) is 10.6 Å². The Balaban J connectivity index is 2.48. The second-order valence-corrected chi connectivity index (χ2v) is 7.06. The number of halogens is 2. The number of benzene rings is 1. The summed E-state index contributed by atoms with van der Waals surface area (Å²) in [5, 5.41) is 9.38. The maximum Gasteiger partial charge on any atom is 0.264 e. The Labute approximate surface area is 135 Å². The molecule has 2 aromatic rings. The van der Waals surface area contributed by atoms with Gasteiger partial charge >= 0.3 is 0 Å². The average Bonchev–Trinajstić information content (AvgIpc) is 2.44. The summed E-state index contributed by atoms with van der Waals surface area (Å²) in [7, 11) is -3.93. The first-order valence-electron chi connectivity index (χ1n) is 5.69. The number of aryl methyl sites for hydroxylation is 1. The van der Waals surface area contributed by atoms with Crippen molar-refractivity contribution < 1.29 is 8.42 Å². The molecule has 0 fully saturated rings. The lowest BCUT2D eigenvalue weighted by Gasteiger charge is -2.11. The molecule has 1 aromatic heterocycles. The third-order valence-corrected chi connectivity index (χ3v) is 5.12. The van der Waals surface area contributed by atoms with Crippen LogP contribution in [0, 0.1) is 18.3 Å². The number of nitrogens with one attached hydrogen (secondary N) is 1. The molecule has 0 radical (unpaired) electrons. The van der Waals surface area contributed by atoms with E-state index in [1.807, 2.05) is 0 Å². The highest BCUT2D eigenvalue weighted by Crippen LogP contribution is 2.31. The maximum absolute atomic E-state index is 12.4. The number of anilines is 1. The molecule has 1 aromatic carbocycles. The van der Waals surface area contributed by atoms with E-state index in [0.717, 1.165) is 5.56 Å². The van der Waals surface area contributed by atoms with Crippen LogP contribution < -0.4 is 4.72 Å². The van der Waals surface area contributed by atoms with E-state index >= 15 is 0 Å². The van der Waals surface area contributed by atoms with Gasteiger partial charge in [0.1, 0.15) is 11.0 Å². The van der Waals surface area contributed by atoms with Crippen LogP contribution in [0.15, 0.2) is 39.8 Å². The highest BCUT2D eigenvalue weighted by Gasteiger charge is 2.20. The molecule has 0 saturated carbocycles. The van der Waals surface area contributed by atoms with Crippen molar-refractivity contribution >= 4 is 43.2 Å². The topological polar surface area (TPSA) is 82.8 Å². The Morgan fingerprint density at radius 1 is 1.43 bits per heavy atom. The van der Waals surface area contributed by atoms with Gasteiger partial charge in [-0.1, -0.05) is 11.6 Å². The summed E-state index contributed by atoms with van der Waals surface area (Å²) < 4.78 is 27.7. The average molecular weight is 387 g/mol. The Hall–Kier alpha value is -1.62. The SMILES string of the molecule is Cc1cc(Br)c(NS(=O)(=O)c2cccnc2C#N)cc1Cl. The Kier molecular flexibility index (Phi) is 4.52. The molecule has 21 heavy (non-hydrogen) atoms. The third kappa shape index (κ3) is 3.35. The zero-order chi connectivity index (χ0) is 15.6. The summed E-state index contributed by atoms with van der Waals surface area (Å²) >= 11 is 9.27. The minimum absolute atomic E-state index is 0.167. The van der Waals surface area contributed by atoms with E-state index < -0.39 is 10.0 Å². The van der Waals surface area contributed by atoms with Gasteiger partial charge in [0.2, 0.25) is 0 Å². The number of hydrogen-bond donors (Lipinski definition) is 1. The lowest BCUT2D eigenvalue weighted by molar-refractivity contribution is 0.600. The van der Waals surface area contributed by atoms with Gasteiger partial charge in [-0.25, -0.2) is 13.4 Å².